The zero-order chi connectivity index (χ0) is 56.3. The average molecular weight is 1160 g/mol. The molecule has 2 nitrogen and oxygen atoms in total. The van der Waals surface area contributed by atoms with Crippen LogP contribution in [0.2, 0.25) is 54.4 Å². The van der Waals surface area contributed by atoms with Gasteiger partial charge in [0.1, 0.15) is 12.9 Å². The molecule has 0 amide bonds. The number of hydrogen-bond donors (Lipinski definition) is 1. The zero-order valence-corrected chi connectivity index (χ0v) is 55.1. The van der Waals surface area contributed by atoms with Gasteiger partial charge in [-0.05, 0) is 29.8 Å². The number of hydrogen-bond acceptors (Lipinski definition) is 2. The summed E-state index contributed by atoms with van der Waals surface area (Å²) >= 11 is 0. The molecule has 78 heavy (non-hydrogen) atoms. The van der Waals surface area contributed by atoms with Crippen LogP contribution in [0.25, 0.3) is 0 Å². The van der Waals surface area contributed by atoms with E-state index in [-0.39, 0.29) is 5.75 Å². The molecule has 5 aromatic rings. The van der Waals surface area contributed by atoms with Crippen LogP contribution in [0.4, 0.5) is 13.2 Å². The van der Waals surface area contributed by atoms with Gasteiger partial charge in [0.15, 0.2) is 18.2 Å². The molecule has 0 radical (unpaired) electrons. The lowest BCUT2D eigenvalue weighted by Gasteiger charge is -2.38. The Morgan fingerprint density at radius 2 is 0.705 bits per heavy atom. The monoisotopic (exact) mass is 1150 g/mol. The third kappa shape index (κ3) is 17.8. The standard InChI is InChI=1S/C68H105F3NOP2Si3/c1-10-19-49-76(50-20-11-2,51-21-12-3)63-43-37-60(38-44-63)74(61-39-45-64(46-40-61)77(52-22-13-4,53-23-14-5)54-24-15-6)75(72-58-59-33-29-28-30-34-59,67-36-32-31-35-66(67)73-68(69,70)71)62-41-47-65(48-42-62)78(55-25-16-7,56-26-17-8)57-27-18-9/h28-48,72H,10-27,49-58H2,1-9H3/q+1. The van der Waals surface area contributed by atoms with Crippen molar-refractivity contribution in [2.45, 2.75) is 245 Å². The number of para-hydroxylation sites is 1. The van der Waals surface area contributed by atoms with Crippen LogP contribution in [-0.4, -0.2) is 30.6 Å². The van der Waals surface area contributed by atoms with Crippen molar-refractivity contribution in [3.05, 3.63) is 133 Å². The maximum atomic E-state index is 15.1. The summed E-state index contributed by atoms with van der Waals surface area (Å²) in [7, 11) is -10.3. The van der Waals surface area contributed by atoms with E-state index in [1.54, 1.807) is 22.5 Å². The molecule has 5 rings (SSSR count). The first-order valence-electron chi connectivity index (χ1n) is 31.5. The van der Waals surface area contributed by atoms with Crippen molar-refractivity contribution in [3.8, 4) is 5.75 Å². The number of nitrogens with one attached hydrogen (secondary N) is 1. The number of halogens is 3. The van der Waals surface area contributed by atoms with Crippen LogP contribution in [0.15, 0.2) is 127 Å². The van der Waals surface area contributed by atoms with E-state index >= 15 is 13.2 Å². The normalized spacial score (nSPS) is 13.3. The Morgan fingerprint density at radius 1 is 0.397 bits per heavy atom. The highest BCUT2D eigenvalue weighted by Crippen LogP contribution is 2.79. The van der Waals surface area contributed by atoms with Gasteiger partial charge in [0, 0.05) is 10.6 Å². The SMILES string of the molecule is CCCC[Si](CCCC)(CCCC)c1ccc(P(c2ccc([Si](CCCC)(CCCC)CCCC)cc2)[P+](NCc2ccccc2)(c2ccc([Si](CCCC)(CCCC)CCCC)cc2)c2ccccc2OC(F)(F)F)cc1. The molecular weight excluding hydrogens is 1050 g/mol. The lowest BCUT2D eigenvalue weighted by molar-refractivity contribution is -0.274. The Bertz CT molecular complexity index is 2260. The van der Waals surface area contributed by atoms with Crippen molar-refractivity contribution in [3.63, 3.8) is 0 Å². The molecule has 0 aliphatic rings. The van der Waals surface area contributed by atoms with Gasteiger partial charge in [-0.25, -0.2) is 0 Å². The Hall–Kier alpha value is -2.84. The van der Waals surface area contributed by atoms with Gasteiger partial charge in [-0.2, -0.15) is 5.09 Å². The molecule has 0 fully saturated rings. The van der Waals surface area contributed by atoms with E-state index in [4.69, 9.17) is 4.74 Å². The molecular formula is C68H105F3NOP2Si3+. The van der Waals surface area contributed by atoms with Crippen LogP contribution >= 0.6 is 14.7 Å². The average Bonchev–Trinajstić information content (AvgIpc) is 3.61. The van der Waals surface area contributed by atoms with Crippen molar-refractivity contribution in [2.75, 3.05) is 0 Å². The molecule has 0 heterocycles. The topological polar surface area (TPSA) is 21.3 Å². The van der Waals surface area contributed by atoms with Gasteiger partial charge < -0.3 is 4.74 Å². The summed E-state index contributed by atoms with van der Waals surface area (Å²) < 4.78 is 50.7. The summed E-state index contributed by atoms with van der Waals surface area (Å²) in [6, 6.07) is 59.1. The van der Waals surface area contributed by atoms with Crippen LogP contribution in [0.5, 0.6) is 5.75 Å². The van der Waals surface area contributed by atoms with Gasteiger partial charge in [0.05, 0.1) is 30.8 Å². The lowest BCUT2D eigenvalue weighted by Crippen LogP contribution is -2.48. The first kappa shape index (κ1) is 66.0. The Morgan fingerprint density at radius 3 is 1.03 bits per heavy atom. The van der Waals surface area contributed by atoms with Crippen molar-refractivity contribution in [1.82, 2.24) is 5.09 Å². The highest BCUT2D eigenvalue weighted by Gasteiger charge is 2.56. The van der Waals surface area contributed by atoms with Crippen molar-refractivity contribution >= 4 is 75.7 Å². The Labute approximate surface area is 479 Å². The van der Waals surface area contributed by atoms with E-state index in [1.807, 2.05) is 12.1 Å². The zero-order valence-electron chi connectivity index (χ0n) is 50.4. The minimum Gasteiger partial charge on any atom is -0.401 e. The van der Waals surface area contributed by atoms with Gasteiger partial charge in [-0.15, -0.1) is 13.2 Å². The maximum Gasteiger partial charge on any atom is 0.573 e. The molecule has 0 bridgehead atoms. The summed E-state index contributed by atoms with van der Waals surface area (Å²) in [4.78, 5) is 0. The maximum absolute atomic E-state index is 15.1. The van der Waals surface area contributed by atoms with Crippen LogP contribution in [0.3, 0.4) is 0 Å². The summed E-state index contributed by atoms with van der Waals surface area (Å²) in [5.41, 5.74) is 1.11. The van der Waals surface area contributed by atoms with Gasteiger partial charge in [0.2, 0.25) is 0 Å². The molecule has 0 saturated heterocycles. The van der Waals surface area contributed by atoms with E-state index in [9.17, 15) is 0 Å². The molecule has 0 saturated carbocycles. The van der Waals surface area contributed by atoms with Crippen LogP contribution in [0.1, 0.15) is 183 Å². The fourth-order valence-electron chi connectivity index (χ4n) is 12.8. The van der Waals surface area contributed by atoms with E-state index in [1.165, 1.54) is 186 Å². The predicted molar refractivity (Wildman–Crippen MR) is 352 cm³/mol. The fourth-order valence-corrected chi connectivity index (χ4v) is 40.1. The van der Waals surface area contributed by atoms with Gasteiger partial charge in [-0.3, -0.25) is 0 Å². The number of rotatable bonds is 39. The minimum atomic E-state index is -4.88. The fraction of sp³-hybridized carbons (Fsp3) is 0.559. The lowest BCUT2D eigenvalue weighted by atomic mass is 10.2. The van der Waals surface area contributed by atoms with Crippen molar-refractivity contribution in [2.24, 2.45) is 0 Å². The highest BCUT2D eigenvalue weighted by molar-refractivity contribution is 8.49. The second-order valence-corrected chi connectivity index (χ2v) is 44.4. The Kier molecular flexibility index (Phi) is 28.7. The second kappa shape index (κ2) is 33.9. The molecule has 5 aromatic carbocycles. The van der Waals surface area contributed by atoms with Crippen molar-refractivity contribution in [1.29, 1.82) is 0 Å². The number of unbranched alkanes of at least 4 members (excludes halogenated alkanes) is 9. The summed E-state index contributed by atoms with van der Waals surface area (Å²) in [6.07, 6.45) is 17.1. The van der Waals surface area contributed by atoms with Crippen molar-refractivity contribution < 1.29 is 17.9 Å². The third-order valence-electron chi connectivity index (χ3n) is 17.5. The molecule has 0 aliphatic heterocycles. The highest BCUT2D eigenvalue weighted by atomic mass is 32.1. The third-order valence-corrected chi connectivity index (χ3v) is 43.8. The van der Waals surface area contributed by atoms with Gasteiger partial charge >= 0.3 is 6.36 Å². The van der Waals surface area contributed by atoms with Crippen LogP contribution in [0, 0.1) is 0 Å². The molecule has 0 aliphatic carbocycles. The molecule has 1 unspecified atom stereocenters. The first-order valence-corrected chi connectivity index (χ1v) is 43.2. The van der Waals surface area contributed by atoms with E-state index in [2.05, 4.69) is 171 Å². The number of alkyl halides is 3. The predicted octanol–water partition coefficient (Wildman–Crippen LogP) is 19.5. The minimum absolute atomic E-state index is 0.100. The van der Waals surface area contributed by atoms with E-state index < -0.39 is 45.3 Å². The van der Waals surface area contributed by atoms with Crippen LogP contribution < -0.4 is 46.6 Å². The molecule has 10 heteroatoms. The number of benzene rings is 5. The van der Waals surface area contributed by atoms with Crippen LogP contribution in [-0.2, 0) is 6.54 Å². The quantitative estimate of drug-likeness (QED) is 0.0313. The smallest absolute Gasteiger partial charge is 0.401 e. The van der Waals surface area contributed by atoms with E-state index in [0.29, 0.717) is 11.8 Å². The molecule has 1 N–H and O–H groups in total. The summed E-state index contributed by atoms with van der Waals surface area (Å²) in [5, 5.41) is 13.1. The molecule has 1 atom stereocenters. The molecule has 0 spiro atoms. The Balaban J connectivity index is 1.98. The van der Waals surface area contributed by atoms with E-state index in [0.717, 1.165) is 10.9 Å². The largest absolute Gasteiger partial charge is 0.573 e. The number of ether oxygens (including phenoxy) is 1. The van der Waals surface area contributed by atoms with Gasteiger partial charge in [-0.1, -0.05) is 351 Å². The van der Waals surface area contributed by atoms with Gasteiger partial charge in [0.25, 0.3) is 0 Å². The second-order valence-electron chi connectivity index (χ2n) is 23.2. The first-order chi connectivity index (χ1) is 37.8. The molecule has 0 aromatic heterocycles. The summed E-state index contributed by atoms with van der Waals surface area (Å²) in [6.45, 7) is 21.5. The summed E-state index contributed by atoms with van der Waals surface area (Å²) in [5.74, 6) is -0.100. The molecule has 430 valence electrons.